The molecule has 2 rings (SSSR count). The molecule has 21 heavy (non-hydrogen) atoms. The summed E-state index contributed by atoms with van der Waals surface area (Å²) in [5, 5.41) is 3.32. The van der Waals surface area contributed by atoms with Crippen LogP contribution in [-0.4, -0.2) is 5.78 Å². The second kappa shape index (κ2) is 6.46. The molecule has 114 valence electrons. The molecule has 1 atom stereocenters. The number of carbonyl (C=O) groups is 1. The Bertz CT molecular complexity index is 542. The Kier molecular flexibility index (Phi) is 4.87. The molecule has 0 spiro atoms. The molecule has 0 aliphatic heterocycles. The van der Waals surface area contributed by atoms with Gasteiger partial charge in [-0.05, 0) is 42.7 Å². The summed E-state index contributed by atoms with van der Waals surface area (Å²) >= 11 is 0. The van der Waals surface area contributed by atoms with Crippen LogP contribution in [0.25, 0.3) is 0 Å². The van der Waals surface area contributed by atoms with Gasteiger partial charge in [0.2, 0.25) is 0 Å². The molecule has 2 nitrogen and oxygen atoms in total. The SMILES string of the molecule is CCC(C)(C)[C@@H]1CCC(=O)/C(=C/Nc2ccccc2C)C1. The first-order valence-corrected chi connectivity index (χ1v) is 7.98. The van der Waals surface area contributed by atoms with Gasteiger partial charge in [-0.3, -0.25) is 4.79 Å². The fraction of sp³-hybridized carbons (Fsp3) is 0.526. The van der Waals surface area contributed by atoms with Crippen molar-refractivity contribution in [1.82, 2.24) is 0 Å². The number of hydrogen-bond acceptors (Lipinski definition) is 2. The molecular weight excluding hydrogens is 258 g/mol. The number of carbonyl (C=O) groups excluding carboxylic acids is 1. The van der Waals surface area contributed by atoms with Crippen LogP contribution in [-0.2, 0) is 4.79 Å². The number of anilines is 1. The van der Waals surface area contributed by atoms with E-state index in [1.807, 2.05) is 24.4 Å². The van der Waals surface area contributed by atoms with Crippen molar-refractivity contribution >= 4 is 11.5 Å². The highest BCUT2D eigenvalue weighted by Gasteiger charge is 2.33. The molecular formula is C19H27NO. The van der Waals surface area contributed by atoms with Crippen LogP contribution in [0.4, 0.5) is 5.69 Å². The first kappa shape index (κ1) is 15.8. The molecule has 0 unspecified atom stereocenters. The van der Waals surface area contributed by atoms with E-state index in [1.54, 1.807) is 0 Å². The molecule has 1 aliphatic carbocycles. The molecule has 1 N–H and O–H groups in total. The minimum Gasteiger partial charge on any atom is -0.361 e. The average molecular weight is 285 g/mol. The molecule has 0 aromatic heterocycles. The van der Waals surface area contributed by atoms with Gasteiger partial charge in [0.05, 0.1) is 0 Å². The normalized spacial score (nSPS) is 21.6. The van der Waals surface area contributed by atoms with Gasteiger partial charge in [-0.2, -0.15) is 0 Å². The predicted octanol–water partition coefficient (Wildman–Crippen LogP) is 5.10. The Morgan fingerprint density at radius 1 is 1.33 bits per heavy atom. The van der Waals surface area contributed by atoms with Crippen LogP contribution < -0.4 is 5.32 Å². The van der Waals surface area contributed by atoms with Crippen molar-refractivity contribution < 1.29 is 4.79 Å². The van der Waals surface area contributed by atoms with E-state index in [0.717, 1.165) is 30.5 Å². The van der Waals surface area contributed by atoms with E-state index < -0.39 is 0 Å². The van der Waals surface area contributed by atoms with Crippen LogP contribution in [0.2, 0.25) is 0 Å². The third-order valence-electron chi connectivity index (χ3n) is 5.11. The van der Waals surface area contributed by atoms with Gasteiger partial charge in [0.25, 0.3) is 0 Å². The minimum atomic E-state index is 0.305. The average Bonchev–Trinajstić information content (AvgIpc) is 2.47. The highest BCUT2D eigenvalue weighted by molar-refractivity contribution is 5.96. The molecule has 0 radical (unpaired) electrons. The lowest BCUT2D eigenvalue weighted by Crippen LogP contribution is -2.29. The number of ketones is 1. The second-order valence-corrected chi connectivity index (χ2v) is 6.83. The van der Waals surface area contributed by atoms with Crippen LogP contribution in [0.1, 0.15) is 52.0 Å². The standard InChI is InChI=1S/C19H27NO/c1-5-19(3,4)16-10-11-18(21)15(12-16)13-20-17-9-7-6-8-14(17)2/h6-9,13,16,20H,5,10-12H2,1-4H3/b15-13+/t16-/m1/s1. The number of hydrogen-bond donors (Lipinski definition) is 1. The summed E-state index contributed by atoms with van der Waals surface area (Å²) in [6.07, 6.45) is 5.71. The zero-order valence-electron chi connectivity index (χ0n) is 13.7. The molecule has 1 fully saturated rings. The summed E-state index contributed by atoms with van der Waals surface area (Å²) in [5.74, 6) is 0.907. The van der Waals surface area contributed by atoms with Gasteiger partial charge < -0.3 is 5.32 Å². The summed E-state index contributed by atoms with van der Waals surface area (Å²) in [5.41, 5.74) is 3.54. The van der Waals surface area contributed by atoms with Crippen LogP contribution in [0.5, 0.6) is 0 Å². The van der Waals surface area contributed by atoms with E-state index in [1.165, 1.54) is 5.56 Å². The van der Waals surface area contributed by atoms with Crippen molar-refractivity contribution in [3.63, 3.8) is 0 Å². The monoisotopic (exact) mass is 285 g/mol. The molecule has 0 heterocycles. The number of para-hydroxylation sites is 1. The summed E-state index contributed by atoms with van der Waals surface area (Å²) < 4.78 is 0. The summed E-state index contributed by atoms with van der Waals surface area (Å²) in [7, 11) is 0. The maximum absolute atomic E-state index is 12.2. The highest BCUT2D eigenvalue weighted by atomic mass is 16.1. The van der Waals surface area contributed by atoms with E-state index in [0.29, 0.717) is 23.5 Å². The van der Waals surface area contributed by atoms with Crippen LogP contribution in [0.3, 0.4) is 0 Å². The number of Topliss-reactive ketones (excluding diaryl/α,β-unsaturated/α-hetero) is 1. The third kappa shape index (κ3) is 3.75. The summed E-state index contributed by atoms with van der Waals surface area (Å²) in [4.78, 5) is 12.2. The quantitative estimate of drug-likeness (QED) is 0.780. The molecule has 0 amide bonds. The smallest absolute Gasteiger partial charge is 0.160 e. The molecule has 2 heteroatoms. The maximum atomic E-state index is 12.2. The van der Waals surface area contributed by atoms with Crippen molar-refractivity contribution in [1.29, 1.82) is 0 Å². The Labute approximate surface area is 128 Å². The fourth-order valence-electron chi connectivity index (χ4n) is 2.94. The molecule has 1 aromatic rings. The van der Waals surface area contributed by atoms with E-state index in [9.17, 15) is 4.79 Å². The van der Waals surface area contributed by atoms with E-state index in [4.69, 9.17) is 0 Å². The molecule has 1 aliphatic rings. The Hall–Kier alpha value is -1.57. The number of nitrogens with one attached hydrogen (secondary N) is 1. The molecule has 0 saturated heterocycles. The highest BCUT2D eigenvalue weighted by Crippen LogP contribution is 2.41. The number of aryl methyl sites for hydroxylation is 1. The predicted molar refractivity (Wildman–Crippen MR) is 89.3 cm³/mol. The van der Waals surface area contributed by atoms with Gasteiger partial charge in [0.1, 0.15) is 0 Å². The Balaban J connectivity index is 2.12. The van der Waals surface area contributed by atoms with Gasteiger partial charge in [-0.15, -0.1) is 0 Å². The zero-order valence-corrected chi connectivity index (χ0v) is 13.7. The van der Waals surface area contributed by atoms with Gasteiger partial charge in [0.15, 0.2) is 5.78 Å². The molecule has 1 saturated carbocycles. The lowest BCUT2D eigenvalue weighted by atomic mass is 9.68. The van der Waals surface area contributed by atoms with Gasteiger partial charge >= 0.3 is 0 Å². The molecule has 1 aromatic carbocycles. The minimum absolute atomic E-state index is 0.305. The summed E-state index contributed by atoms with van der Waals surface area (Å²) in [6.45, 7) is 8.96. The zero-order chi connectivity index (χ0) is 15.5. The second-order valence-electron chi connectivity index (χ2n) is 6.83. The van der Waals surface area contributed by atoms with Gasteiger partial charge in [-0.1, -0.05) is 45.4 Å². The van der Waals surface area contributed by atoms with Crippen molar-refractivity contribution in [3.8, 4) is 0 Å². The van der Waals surface area contributed by atoms with Gasteiger partial charge in [0, 0.05) is 23.9 Å². The lowest BCUT2D eigenvalue weighted by molar-refractivity contribution is -0.117. The Morgan fingerprint density at radius 2 is 2.05 bits per heavy atom. The van der Waals surface area contributed by atoms with E-state index in [2.05, 4.69) is 39.1 Å². The lowest BCUT2D eigenvalue weighted by Gasteiger charge is -2.36. The van der Waals surface area contributed by atoms with Crippen molar-refractivity contribution in [2.75, 3.05) is 5.32 Å². The largest absolute Gasteiger partial charge is 0.361 e. The van der Waals surface area contributed by atoms with Crippen molar-refractivity contribution in [2.24, 2.45) is 11.3 Å². The van der Waals surface area contributed by atoms with Crippen LogP contribution >= 0.6 is 0 Å². The number of rotatable bonds is 4. The first-order chi connectivity index (χ1) is 9.94. The topological polar surface area (TPSA) is 29.1 Å². The Morgan fingerprint density at radius 3 is 2.71 bits per heavy atom. The number of benzene rings is 1. The van der Waals surface area contributed by atoms with Crippen molar-refractivity contribution in [3.05, 3.63) is 41.6 Å². The van der Waals surface area contributed by atoms with E-state index >= 15 is 0 Å². The number of allylic oxidation sites excluding steroid dienone is 1. The van der Waals surface area contributed by atoms with Crippen molar-refractivity contribution in [2.45, 2.75) is 53.4 Å². The molecule has 0 bridgehead atoms. The first-order valence-electron chi connectivity index (χ1n) is 7.98. The summed E-state index contributed by atoms with van der Waals surface area (Å²) in [6, 6.07) is 8.17. The fourth-order valence-corrected chi connectivity index (χ4v) is 2.94. The van der Waals surface area contributed by atoms with Crippen LogP contribution in [0.15, 0.2) is 36.0 Å². The maximum Gasteiger partial charge on any atom is 0.160 e. The van der Waals surface area contributed by atoms with Gasteiger partial charge in [-0.25, -0.2) is 0 Å². The van der Waals surface area contributed by atoms with E-state index in [-0.39, 0.29) is 0 Å². The third-order valence-corrected chi connectivity index (χ3v) is 5.11. The van der Waals surface area contributed by atoms with Crippen LogP contribution in [0, 0.1) is 18.3 Å².